The molecule has 9 nitrogen and oxygen atoms in total. The number of aryl methyl sites for hydroxylation is 1. The van der Waals surface area contributed by atoms with Crippen molar-refractivity contribution in [2.75, 3.05) is 17.3 Å². The minimum absolute atomic E-state index is 0.254. The number of nitrogens with zero attached hydrogens (tertiary/aromatic N) is 3. The fraction of sp³-hybridized carbons (Fsp3) is 0.208. The standard InChI is InChI=1S/C24H23N5O4/c1-27(24(32)25-16-5-3-2-4-6-16)18-11-12-28(14-18)17-9-7-15-8-10-20-21(19(15)13-17)29(33)23(31)22(30)26-20/h2-6,11-14,33H,7-10H2,1H3,(H,25,32)(H,26,30). The first kappa shape index (κ1) is 20.6. The molecule has 0 aliphatic heterocycles. The Morgan fingerprint density at radius 1 is 1.09 bits per heavy atom. The van der Waals surface area contributed by atoms with Gasteiger partial charge >= 0.3 is 17.1 Å². The van der Waals surface area contributed by atoms with Gasteiger partial charge in [-0.05, 0) is 50.0 Å². The first-order chi connectivity index (χ1) is 15.9. The number of aromatic nitrogens is 3. The van der Waals surface area contributed by atoms with Crippen LogP contribution in [0.5, 0.6) is 0 Å². The number of amides is 2. The van der Waals surface area contributed by atoms with Crippen molar-refractivity contribution in [1.82, 2.24) is 14.3 Å². The second kappa shape index (κ2) is 8.01. The van der Waals surface area contributed by atoms with Crippen LogP contribution in [0.3, 0.4) is 0 Å². The topological polar surface area (TPSA) is 112 Å². The molecule has 2 aliphatic carbocycles. The summed E-state index contributed by atoms with van der Waals surface area (Å²) in [7, 11) is 1.70. The number of hydrogen-bond acceptors (Lipinski definition) is 4. The van der Waals surface area contributed by atoms with Gasteiger partial charge in [-0.1, -0.05) is 23.8 Å². The average Bonchev–Trinajstić information content (AvgIpc) is 3.32. The second-order valence-electron chi connectivity index (χ2n) is 8.18. The van der Waals surface area contributed by atoms with Gasteiger partial charge in [-0.3, -0.25) is 14.5 Å². The van der Waals surface area contributed by atoms with Crippen molar-refractivity contribution in [2.45, 2.75) is 25.7 Å². The zero-order chi connectivity index (χ0) is 23.1. The fourth-order valence-corrected chi connectivity index (χ4v) is 4.37. The first-order valence-corrected chi connectivity index (χ1v) is 10.7. The summed E-state index contributed by atoms with van der Waals surface area (Å²) in [6.45, 7) is 0. The number of allylic oxidation sites excluding steroid dienone is 4. The molecule has 168 valence electrons. The maximum Gasteiger partial charge on any atom is 0.348 e. The summed E-state index contributed by atoms with van der Waals surface area (Å²) in [6.07, 6.45) is 8.58. The number of nitrogens with one attached hydrogen (secondary N) is 2. The van der Waals surface area contributed by atoms with Gasteiger partial charge in [0.2, 0.25) is 0 Å². The molecule has 2 heterocycles. The Kier molecular flexibility index (Phi) is 5.01. The normalized spacial score (nSPS) is 14.9. The lowest BCUT2D eigenvalue weighted by Gasteiger charge is -2.27. The predicted molar refractivity (Wildman–Crippen MR) is 126 cm³/mol. The molecule has 3 aromatic rings. The van der Waals surface area contributed by atoms with E-state index in [0.717, 1.165) is 41.8 Å². The van der Waals surface area contributed by atoms with Crippen LogP contribution in [0.4, 0.5) is 16.2 Å². The smallest absolute Gasteiger partial charge is 0.348 e. The molecule has 0 fully saturated rings. The van der Waals surface area contributed by atoms with Crippen molar-refractivity contribution in [2.24, 2.45) is 0 Å². The van der Waals surface area contributed by atoms with Gasteiger partial charge in [0, 0.05) is 42.1 Å². The molecule has 0 bridgehead atoms. The molecule has 33 heavy (non-hydrogen) atoms. The summed E-state index contributed by atoms with van der Waals surface area (Å²) < 4.78 is 2.40. The molecule has 3 N–H and O–H groups in total. The van der Waals surface area contributed by atoms with Crippen molar-refractivity contribution in [1.29, 1.82) is 0 Å². The number of rotatable bonds is 3. The lowest BCUT2D eigenvalue weighted by molar-refractivity contribution is 0.168. The first-order valence-electron chi connectivity index (χ1n) is 10.7. The molecule has 5 rings (SSSR count). The number of fused-ring (bicyclic) bond motifs is 2. The molecule has 0 saturated carbocycles. The van der Waals surface area contributed by atoms with Crippen LogP contribution >= 0.6 is 0 Å². The van der Waals surface area contributed by atoms with E-state index in [1.165, 1.54) is 4.90 Å². The molecule has 2 aliphatic rings. The molecule has 0 saturated heterocycles. The van der Waals surface area contributed by atoms with Crippen molar-refractivity contribution >= 4 is 28.7 Å². The summed E-state index contributed by atoms with van der Waals surface area (Å²) >= 11 is 0. The highest BCUT2D eigenvalue weighted by atomic mass is 16.5. The maximum absolute atomic E-state index is 12.6. The number of anilines is 2. The number of benzene rings is 1. The summed E-state index contributed by atoms with van der Waals surface area (Å²) in [4.78, 5) is 40.5. The largest absolute Gasteiger partial charge is 0.425 e. The van der Waals surface area contributed by atoms with Crippen LogP contribution in [0.1, 0.15) is 30.7 Å². The highest BCUT2D eigenvalue weighted by Gasteiger charge is 2.27. The number of urea groups is 1. The zero-order valence-electron chi connectivity index (χ0n) is 18.0. The molecule has 0 radical (unpaired) electrons. The third-order valence-corrected chi connectivity index (χ3v) is 6.18. The van der Waals surface area contributed by atoms with Crippen molar-refractivity contribution in [3.63, 3.8) is 0 Å². The maximum atomic E-state index is 12.6. The molecular weight excluding hydrogens is 422 g/mol. The average molecular weight is 445 g/mol. The fourth-order valence-electron chi connectivity index (χ4n) is 4.37. The van der Waals surface area contributed by atoms with Gasteiger partial charge in [0.05, 0.1) is 5.69 Å². The minimum Gasteiger partial charge on any atom is -0.425 e. The van der Waals surface area contributed by atoms with Gasteiger partial charge in [-0.2, -0.15) is 0 Å². The van der Waals surface area contributed by atoms with Crippen LogP contribution < -0.4 is 21.3 Å². The van der Waals surface area contributed by atoms with Crippen molar-refractivity contribution in [3.05, 3.63) is 92.5 Å². The monoisotopic (exact) mass is 445 g/mol. The molecule has 0 spiro atoms. The lowest BCUT2D eigenvalue weighted by atomic mass is 9.85. The quantitative estimate of drug-likeness (QED) is 0.424. The summed E-state index contributed by atoms with van der Waals surface area (Å²) in [5.41, 5.74) is 3.40. The van der Waals surface area contributed by atoms with Gasteiger partial charge < -0.3 is 20.1 Å². The van der Waals surface area contributed by atoms with E-state index in [2.05, 4.69) is 10.3 Å². The second-order valence-corrected chi connectivity index (χ2v) is 8.18. The SMILES string of the molecule is CN(C(=O)Nc1ccccc1)c1ccn(C2=CC3=C(CC2)CCc2[nH]c(=O)c(=O)n(O)c23)c1. The lowest BCUT2D eigenvalue weighted by Crippen LogP contribution is -2.39. The summed E-state index contributed by atoms with van der Waals surface area (Å²) in [6, 6.07) is 10.8. The zero-order valence-corrected chi connectivity index (χ0v) is 18.0. The summed E-state index contributed by atoms with van der Waals surface area (Å²) in [5.74, 6) is 0. The molecule has 2 amide bonds. The Labute approximate surface area is 188 Å². The molecule has 9 heteroatoms. The van der Waals surface area contributed by atoms with E-state index >= 15 is 0 Å². The molecule has 0 unspecified atom stereocenters. The van der Waals surface area contributed by atoms with Gasteiger partial charge in [-0.15, -0.1) is 4.73 Å². The predicted octanol–water partition coefficient (Wildman–Crippen LogP) is 3.28. The van der Waals surface area contributed by atoms with Crippen LogP contribution in [0, 0.1) is 0 Å². The third-order valence-electron chi connectivity index (χ3n) is 6.18. The number of aromatic amines is 1. The number of H-pyrrole nitrogens is 1. The Hall–Kier alpha value is -4.27. The van der Waals surface area contributed by atoms with E-state index in [4.69, 9.17) is 0 Å². The number of carbonyl (C=O) groups excluding carboxylic acids is 1. The van der Waals surface area contributed by atoms with Gasteiger partial charge in [0.25, 0.3) is 0 Å². The van der Waals surface area contributed by atoms with E-state index in [1.807, 2.05) is 59.4 Å². The highest BCUT2D eigenvalue weighted by Crippen LogP contribution is 2.39. The Bertz CT molecular complexity index is 1430. The summed E-state index contributed by atoms with van der Waals surface area (Å²) in [5, 5.41) is 13.2. The highest BCUT2D eigenvalue weighted by molar-refractivity contribution is 6.01. The van der Waals surface area contributed by atoms with E-state index in [-0.39, 0.29) is 6.03 Å². The van der Waals surface area contributed by atoms with Gasteiger partial charge in [0.15, 0.2) is 0 Å². The molecule has 2 aromatic heterocycles. The van der Waals surface area contributed by atoms with E-state index < -0.39 is 11.1 Å². The van der Waals surface area contributed by atoms with Gasteiger partial charge in [-0.25, -0.2) is 4.79 Å². The number of hydrogen-bond donors (Lipinski definition) is 3. The third kappa shape index (κ3) is 3.67. The van der Waals surface area contributed by atoms with Crippen molar-refractivity contribution < 1.29 is 10.0 Å². The van der Waals surface area contributed by atoms with Gasteiger partial charge in [0.1, 0.15) is 5.69 Å². The molecular formula is C24H23N5O4. The van der Waals surface area contributed by atoms with Crippen LogP contribution in [-0.2, 0) is 6.42 Å². The molecule has 0 atom stereocenters. The van der Waals surface area contributed by atoms with Crippen LogP contribution in [-0.4, -0.2) is 32.6 Å². The number of para-hydroxylation sites is 1. The van der Waals surface area contributed by atoms with Crippen LogP contribution in [0.2, 0.25) is 0 Å². The van der Waals surface area contributed by atoms with E-state index in [0.29, 0.717) is 28.2 Å². The Balaban J connectivity index is 1.43. The molecule has 1 aromatic carbocycles. The van der Waals surface area contributed by atoms with E-state index in [1.54, 1.807) is 7.05 Å². The number of carbonyl (C=O) groups is 1. The van der Waals surface area contributed by atoms with Crippen molar-refractivity contribution in [3.8, 4) is 0 Å². The Morgan fingerprint density at radius 2 is 1.85 bits per heavy atom. The van der Waals surface area contributed by atoms with Crippen LogP contribution in [0.25, 0.3) is 11.3 Å². The Morgan fingerprint density at radius 3 is 2.64 bits per heavy atom. The van der Waals surface area contributed by atoms with Crippen LogP contribution in [0.15, 0.2) is 70.0 Å². The van der Waals surface area contributed by atoms with E-state index in [9.17, 15) is 19.6 Å². The minimum atomic E-state index is -0.989.